The minimum atomic E-state index is -0.710. The zero-order chi connectivity index (χ0) is 13.1. The van der Waals surface area contributed by atoms with Gasteiger partial charge in [-0.3, -0.25) is 9.69 Å². The number of aromatic nitrogens is 1. The number of hydrogen-bond acceptors (Lipinski definition) is 4. The maximum absolute atomic E-state index is 13.3. The largest absolute Gasteiger partial charge is 0.490 e. The van der Waals surface area contributed by atoms with Crippen LogP contribution in [0.3, 0.4) is 0 Å². The number of ether oxygens (including phenoxy) is 1. The van der Waals surface area contributed by atoms with E-state index >= 15 is 0 Å². The van der Waals surface area contributed by atoms with Crippen molar-refractivity contribution in [1.29, 1.82) is 0 Å². The molecule has 2 rings (SSSR count). The number of likely N-dealkylation sites (N-methyl/N-ethyl adjacent to an activating group) is 1. The monoisotopic (exact) mass is 253 g/mol. The highest BCUT2D eigenvalue weighted by molar-refractivity contribution is 5.88. The Kier molecular flexibility index (Phi) is 3.76. The number of pyridine rings is 1. The molecule has 0 bridgehead atoms. The summed E-state index contributed by atoms with van der Waals surface area (Å²) in [6.45, 7) is 2.94. The summed E-state index contributed by atoms with van der Waals surface area (Å²) >= 11 is 0. The highest BCUT2D eigenvalue weighted by Gasteiger charge is 2.24. The van der Waals surface area contributed by atoms with Gasteiger partial charge in [0.1, 0.15) is 18.0 Å². The van der Waals surface area contributed by atoms with Crippen molar-refractivity contribution in [3.8, 4) is 5.75 Å². The second-order valence-electron chi connectivity index (χ2n) is 4.42. The topological polar surface area (TPSA) is 54.5 Å². The summed E-state index contributed by atoms with van der Waals surface area (Å²) < 4.78 is 18.8. The lowest BCUT2D eigenvalue weighted by Crippen LogP contribution is -2.48. The summed E-state index contributed by atoms with van der Waals surface area (Å²) in [6, 6.07) is 1.85. The third-order valence-corrected chi connectivity index (χ3v) is 3.01. The Bertz CT molecular complexity index is 453. The van der Waals surface area contributed by atoms with Gasteiger partial charge < -0.3 is 10.1 Å². The van der Waals surface area contributed by atoms with Crippen LogP contribution >= 0.6 is 0 Å². The molecule has 1 fully saturated rings. The SMILES string of the molecule is CC(=O)Nc1cc(OC[C@H]2CCN2C)cnc1F. The van der Waals surface area contributed by atoms with E-state index < -0.39 is 5.95 Å². The van der Waals surface area contributed by atoms with E-state index in [1.54, 1.807) is 0 Å². The predicted octanol–water partition coefficient (Wildman–Crippen LogP) is 1.26. The second-order valence-corrected chi connectivity index (χ2v) is 4.42. The Morgan fingerprint density at radius 3 is 3.06 bits per heavy atom. The number of hydrogen-bond donors (Lipinski definition) is 1. The van der Waals surface area contributed by atoms with E-state index in [2.05, 4.69) is 15.2 Å². The van der Waals surface area contributed by atoms with Crippen molar-refractivity contribution < 1.29 is 13.9 Å². The van der Waals surface area contributed by atoms with Crippen molar-refractivity contribution in [2.24, 2.45) is 0 Å². The first-order chi connectivity index (χ1) is 8.56. The van der Waals surface area contributed by atoms with Crippen molar-refractivity contribution in [3.63, 3.8) is 0 Å². The van der Waals surface area contributed by atoms with Crippen LogP contribution in [0.4, 0.5) is 10.1 Å². The van der Waals surface area contributed by atoms with Crippen LogP contribution in [0.2, 0.25) is 0 Å². The molecule has 1 amide bonds. The number of anilines is 1. The summed E-state index contributed by atoms with van der Waals surface area (Å²) in [5, 5.41) is 2.37. The highest BCUT2D eigenvalue weighted by atomic mass is 19.1. The third kappa shape index (κ3) is 2.95. The van der Waals surface area contributed by atoms with Gasteiger partial charge in [-0.1, -0.05) is 0 Å². The van der Waals surface area contributed by atoms with Gasteiger partial charge in [-0.2, -0.15) is 4.39 Å². The van der Waals surface area contributed by atoms with Gasteiger partial charge in [0.2, 0.25) is 11.9 Å². The molecule has 0 unspecified atom stereocenters. The lowest BCUT2D eigenvalue weighted by atomic mass is 10.1. The van der Waals surface area contributed by atoms with E-state index in [1.165, 1.54) is 19.2 Å². The summed E-state index contributed by atoms with van der Waals surface area (Å²) in [4.78, 5) is 16.6. The standard InChI is InChI=1S/C12H16FN3O2/c1-8(17)15-11-5-10(6-14-12(11)13)18-7-9-3-4-16(9)2/h5-6,9H,3-4,7H2,1-2H3,(H,15,17)/t9-/m1/s1. The first-order valence-corrected chi connectivity index (χ1v) is 5.82. The van der Waals surface area contributed by atoms with E-state index in [9.17, 15) is 9.18 Å². The van der Waals surface area contributed by atoms with Gasteiger partial charge in [-0.25, -0.2) is 4.98 Å². The van der Waals surface area contributed by atoms with Gasteiger partial charge in [0, 0.05) is 19.0 Å². The van der Waals surface area contributed by atoms with Crippen LogP contribution in [0.15, 0.2) is 12.3 Å². The van der Waals surface area contributed by atoms with Crippen molar-refractivity contribution in [1.82, 2.24) is 9.88 Å². The number of rotatable bonds is 4. The molecule has 1 N–H and O–H groups in total. The fourth-order valence-electron chi connectivity index (χ4n) is 1.76. The third-order valence-electron chi connectivity index (χ3n) is 3.01. The Morgan fingerprint density at radius 1 is 1.72 bits per heavy atom. The molecule has 98 valence electrons. The molecule has 1 saturated heterocycles. The molecule has 0 saturated carbocycles. The Hall–Kier alpha value is -1.69. The van der Waals surface area contributed by atoms with E-state index in [1.807, 2.05) is 7.05 Å². The van der Waals surface area contributed by atoms with Gasteiger partial charge in [0.15, 0.2) is 0 Å². The number of carbonyl (C=O) groups is 1. The molecule has 1 aliphatic rings. The van der Waals surface area contributed by atoms with E-state index in [4.69, 9.17) is 4.74 Å². The minimum Gasteiger partial charge on any atom is -0.490 e. The van der Waals surface area contributed by atoms with Crippen LogP contribution in [0.5, 0.6) is 5.75 Å². The molecule has 0 spiro atoms. The number of amides is 1. The average Bonchev–Trinajstić information content (AvgIpc) is 2.31. The second kappa shape index (κ2) is 5.30. The van der Waals surface area contributed by atoms with Crippen LogP contribution in [0.25, 0.3) is 0 Å². The first kappa shape index (κ1) is 12.8. The van der Waals surface area contributed by atoms with Crippen LogP contribution in [0.1, 0.15) is 13.3 Å². The van der Waals surface area contributed by atoms with E-state index in [-0.39, 0.29) is 11.6 Å². The summed E-state index contributed by atoms with van der Waals surface area (Å²) in [7, 11) is 2.03. The molecule has 0 aliphatic carbocycles. The Balaban J connectivity index is 1.97. The molecule has 1 aromatic heterocycles. The number of halogens is 1. The molecule has 18 heavy (non-hydrogen) atoms. The number of carbonyl (C=O) groups excluding carboxylic acids is 1. The van der Waals surface area contributed by atoms with Crippen molar-refractivity contribution in [2.75, 3.05) is 25.5 Å². The summed E-state index contributed by atoms with van der Waals surface area (Å²) in [5.74, 6) is -0.592. The summed E-state index contributed by atoms with van der Waals surface area (Å²) in [5.41, 5.74) is 0.0435. The normalized spacial score (nSPS) is 19.2. The van der Waals surface area contributed by atoms with Crippen LogP contribution in [-0.4, -0.2) is 42.0 Å². The fourth-order valence-corrected chi connectivity index (χ4v) is 1.76. The van der Waals surface area contributed by atoms with Crippen molar-refractivity contribution in [3.05, 3.63) is 18.2 Å². The number of nitrogens with one attached hydrogen (secondary N) is 1. The molecular formula is C12H16FN3O2. The molecule has 2 heterocycles. The molecule has 1 aromatic rings. The van der Waals surface area contributed by atoms with E-state index in [0.29, 0.717) is 18.4 Å². The van der Waals surface area contributed by atoms with Crippen LogP contribution < -0.4 is 10.1 Å². The Labute approximate surface area is 105 Å². The van der Waals surface area contributed by atoms with Crippen molar-refractivity contribution in [2.45, 2.75) is 19.4 Å². The maximum Gasteiger partial charge on any atom is 0.236 e. The zero-order valence-corrected chi connectivity index (χ0v) is 10.4. The fraction of sp³-hybridized carbons (Fsp3) is 0.500. The van der Waals surface area contributed by atoms with Gasteiger partial charge in [0.05, 0.1) is 6.20 Å². The van der Waals surface area contributed by atoms with Crippen LogP contribution in [0, 0.1) is 5.95 Å². The van der Waals surface area contributed by atoms with E-state index in [0.717, 1.165) is 13.0 Å². The quantitative estimate of drug-likeness (QED) is 0.821. The predicted molar refractivity (Wildman–Crippen MR) is 65.0 cm³/mol. The molecule has 5 nitrogen and oxygen atoms in total. The minimum absolute atomic E-state index is 0.0435. The number of likely N-dealkylation sites (tertiary alicyclic amines) is 1. The van der Waals surface area contributed by atoms with Crippen LogP contribution in [-0.2, 0) is 4.79 Å². The lowest BCUT2D eigenvalue weighted by Gasteiger charge is -2.37. The molecular weight excluding hydrogens is 237 g/mol. The molecule has 1 atom stereocenters. The Morgan fingerprint density at radius 2 is 2.50 bits per heavy atom. The number of nitrogens with zero attached hydrogens (tertiary/aromatic N) is 2. The van der Waals surface area contributed by atoms with Crippen molar-refractivity contribution >= 4 is 11.6 Å². The summed E-state index contributed by atoms with van der Waals surface area (Å²) in [6.07, 6.45) is 2.42. The van der Waals surface area contributed by atoms with Gasteiger partial charge in [-0.05, 0) is 20.0 Å². The maximum atomic E-state index is 13.3. The molecule has 0 aromatic carbocycles. The first-order valence-electron chi connectivity index (χ1n) is 5.82. The molecule has 0 radical (unpaired) electrons. The smallest absolute Gasteiger partial charge is 0.236 e. The van der Waals surface area contributed by atoms with Gasteiger partial charge in [0.25, 0.3) is 0 Å². The molecule has 1 aliphatic heterocycles. The highest BCUT2D eigenvalue weighted by Crippen LogP contribution is 2.21. The van der Waals surface area contributed by atoms with Gasteiger partial charge in [-0.15, -0.1) is 0 Å². The average molecular weight is 253 g/mol. The molecule has 6 heteroatoms. The zero-order valence-electron chi connectivity index (χ0n) is 10.4. The van der Waals surface area contributed by atoms with Gasteiger partial charge >= 0.3 is 0 Å². The lowest BCUT2D eigenvalue weighted by molar-refractivity contribution is -0.114.